The van der Waals surface area contributed by atoms with Crippen molar-refractivity contribution in [3.8, 4) is 11.6 Å². The number of carbonyl (C=O) groups excluding carboxylic acids is 1. The van der Waals surface area contributed by atoms with E-state index in [1.54, 1.807) is 25.1 Å². The second-order valence-corrected chi connectivity index (χ2v) is 3.95. The van der Waals surface area contributed by atoms with Crippen molar-refractivity contribution in [3.63, 3.8) is 0 Å². The number of nitrogens with zero attached hydrogens (tertiary/aromatic N) is 1. The first kappa shape index (κ1) is 12.2. The molecule has 0 spiro atoms. The number of Topliss-reactive ketones (excluding diaryl/α,β-unsaturated/α-hetero) is 1. The normalized spacial score (nSPS) is 10.2. The van der Waals surface area contributed by atoms with Crippen LogP contribution in [0.4, 0.5) is 4.39 Å². The van der Waals surface area contributed by atoms with Gasteiger partial charge in [0, 0.05) is 17.8 Å². The largest absolute Gasteiger partial charge is 0.439 e. The molecule has 1 aromatic carbocycles. The summed E-state index contributed by atoms with van der Waals surface area (Å²) in [4.78, 5) is 15.1. The predicted molar refractivity (Wildman–Crippen MR) is 65.5 cm³/mol. The molecule has 0 amide bonds. The van der Waals surface area contributed by atoms with Crippen LogP contribution >= 0.6 is 0 Å². The quantitative estimate of drug-likeness (QED) is 0.776. The topological polar surface area (TPSA) is 39.2 Å². The number of ketones is 1. The predicted octanol–water partition coefficient (Wildman–Crippen LogP) is 3.52. The highest BCUT2D eigenvalue weighted by Gasteiger charge is 2.05. The van der Waals surface area contributed by atoms with Crippen molar-refractivity contribution in [2.75, 3.05) is 0 Å². The number of rotatable bonds is 3. The Bertz CT molecular complexity index is 579. The van der Waals surface area contributed by atoms with Crippen LogP contribution in [0.5, 0.6) is 11.6 Å². The van der Waals surface area contributed by atoms with Gasteiger partial charge in [-0.1, -0.05) is 0 Å². The minimum atomic E-state index is -0.306. The number of hydrogen-bond acceptors (Lipinski definition) is 3. The molecule has 0 bridgehead atoms. The van der Waals surface area contributed by atoms with E-state index in [0.29, 0.717) is 22.8 Å². The molecule has 1 heterocycles. The molecule has 3 nitrogen and oxygen atoms in total. The Hall–Kier alpha value is -2.23. The maximum absolute atomic E-state index is 12.9. The lowest BCUT2D eigenvalue weighted by Gasteiger charge is -2.07. The molecule has 2 rings (SSSR count). The highest BCUT2D eigenvalue weighted by Crippen LogP contribution is 2.24. The van der Waals surface area contributed by atoms with E-state index in [1.165, 1.54) is 25.3 Å². The third kappa shape index (κ3) is 2.71. The van der Waals surface area contributed by atoms with Gasteiger partial charge in [0.15, 0.2) is 5.78 Å². The van der Waals surface area contributed by atoms with Crippen LogP contribution in [0.2, 0.25) is 0 Å². The minimum absolute atomic E-state index is 0.0491. The Morgan fingerprint density at radius 1 is 1.28 bits per heavy atom. The molecule has 0 atom stereocenters. The number of halogens is 1. The van der Waals surface area contributed by atoms with Gasteiger partial charge in [0.2, 0.25) is 5.88 Å². The third-order valence-corrected chi connectivity index (χ3v) is 2.49. The number of aromatic nitrogens is 1. The first-order valence-corrected chi connectivity index (χ1v) is 5.47. The Morgan fingerprint density at radius 3 is 2.61 bits per heavy atom. The second-order valence-electron chi connectivity index (χ2n) is 3.95. The molecule has 0 N–H and O–H groups in total. The van der Waals surface area contributed by atoms with Crippen LogP contribution in [-0.4, -0.2) is 10.8 Å². The Kier molecular flexibility index (Phi) is 3.37. The molecule has 4 heteroatoms. The average Bonchev–Trinajstić information content (AvgIpc) is 2.33. The van der Waals surface area contributed by atoms with Gasteiger partial charge in [-0.15, -0.1) is 0 Å². The molecule has 0 aliphatic heterocycles. The summed E-state index contributed by atoms with van der Waals surface area (Å²) >= 11 is 0. The number of aryl methyl sites for hydroxylation is 1. The molecule has 0 saturated carbocycles. The van der Waals surface area contributed by atoms with Crippen molar-refractivity contribution in [2.45, 2.75) is 13.8 Å². The fourth-order valence-electron chi connectivity index (χ4n) is 1.49. The number of ether oxygens (including phenoxy) is 1. The van der Waals surface area contributed by atoms with E-state index in [2.05, 4.69) is 4.98 Å². The van der Waals surface area contributed by atoms with E-state index in [4.69, 9.17) is 4.74 Å². The van der Waals surface area contributed by atoms with Gasteiger partial charge in [0.05, 0.1) is 0 Å². The lowest BCUT2D eigenvalue weighted by molar-refractivity contribution is 0.101. The van der Waals surface area contributed by atoms with Gasteiger partial charge >= 0.3 is 0 Å². The molecule has 0 aliphatic carbocycles. The summed E-state index contributed by atoms with van der Waals surface area (Å²) in [5, 5.41) is 0. The zero-order valence-electron chi connectivity index (χ0n) is 10.1. The molecule has 0 aliphatic rings. The number of benzene rings is 1. The molecule has 92 valence electrons. The number of carbonyl (C=O) groups is 1. The van der Waals surface area contributed by atoms with Crippen LogP contribution in [0.1, 0.15) is 22.8 Å². The molecular formula is C14H12FNO2. The van der Waals surface area contributed by atoms with Crippen molar-refractivity contribution in [1.29, 1.82) is 0 Å². The minimum Gasteiger partial charge on any atom is -0.439 e. The van der Waals surface area contributed by atoms with Crippen LogP contribution in [0, 0.1) is 12.7 Å². The summed E-state index contributed by atoms with van der Waals surface area (Å²) < 4.78 is 18.4. The number of pyridine rings is 1. The van der Waals surface area contributed by atoms with E-state index < -0.39 is 0 Å². The van der Waals surface area contributed by atoms with E-state index >= 15 is 0 Å². The van der Waals surface area contributed by atoms with Gasteiger partial charge in [-0.05, 0) is 43.7 Å². The van der Waals surface area contributed by atoms with E-state index in [9.17, 15) is 9.18 Å². The Balaban J connectivity index is 2.21. The molecule has 18 heavy (non-hydrogen) atoms. The first-order chi connectivity index (χ1) is 8.56. The number of hydrogen-bond donors (Lipinski definition) is 0. The highest BCUT2D eigenvalue weighted by molar-refractivity contribution is 5.93. The summed E-state index contributed by atoms with van der Waals surface area (Å²) in [7, 11) is 0. The van der Waals surface area contributed by atoms with Crippen molar-refractivity contribution < 1.29 is 13.9 Å². The fraction of sp³-hybridized carbons (Fsp3) is 0.143. The van der Waals surface area contributed by atoms with Gasteiger partial charge in [0.1, 0.15) is 11.6 Å². The van der Waals surface area contributed by atoms with Crippen molar-refractivity contribution in [3.05, 3.63) is 53.5 Å². The van der Waals surface area contributed by atoms with Crippen molar-refractivity contribution in [2.24, 2.45) is 0 Å². The van der Waals surface area contributed by atoms with Gasteiger partial charge in [-0.2, -0.15) is 0 Å². The molecule has 0 fully saturated rings. The maximum atomic E-state index is 12.9. The highest BCUT2D eigenvalue weighted by atomic mass is 19.1. The molecule has 0 radical (unpaired) electrons. The van der Waals surface area contributed by atoms with Gasteiger partial charge in [0.25, 0.3) is 0 Å². The molecular weight excluding hydrogens is 233 g/mol. The average molecular weight is 245 g/mol. The molecule has 2 aromatic rings. The van der Waals surface area contributed by atoms with Crippen molar-refractivity contribution in [1.82, 2.24) is 4.98 Å². The summed E-state index contributed by atoms with van der Waals surface area (Å²) in [6.45, 7) is 3.23. The van der Waals surface area contributed by atoms with Gasteiger partial charge in [-0.3, -0.25) is 4.79 Å². The standard InChI is InChI=1S/C14H12FNO2/c1-9-7-12(15)4-5-13(9)18-14-6-3-11(8-16-14)10(2)17/h3-8H,1-2H3. The van der Waals surface area contributed by atoms with Crippen LogP contribution in [0.15, 0.2) is 36.5 Å². The molecule has 0 saturated heterocycles. The van der Waals surface area contributed by atoms with Crippen LogP contribution in [0.3, 0.4) is 0 Å². The summed E-state index contributed by atoms with van der Waals surface area (Å²) in [6.07, 6.45) is 1.45. The Morgan fingerprint density at radius 2 is 2.06 bits per heavy atom. The smallest absolute Gasteiger partial charge is 0.219 e. The third-order valence-electron chi connectivity index (χ3n) is 2.49. The summed E-state index contributed by atoms with van der Waals surface area (Å²) in [6, 6.07) is 7.51. The van der Waals surface area contributed by atoms with Gasteiger partial charge in [-0.25, -0.2) is 9.37 Å². The van der Waals surface area contributed by atoms with E-state index in [-0.39, 0.29) is 11.6 Å². The maximum Gasteiger partial charge on any atom is 0.219 e. The molecule has 0 unspecified atom stereocenters. The second kappa shape index (κ2) is 4.96. The summed E-state index contributed by atoms with van der Waals surface area (Å²) in [5.41, 5.74) is 1.21. The SMILES string of the molecule is CC(=O)c1ccc(Oc2ccc(F)cc2C)nc1. The summed E-state index contributed by atoms with van der Waals surface area (Å²) in [5.74, 6) is 0.556. The lowest BCUT2D eigenvalue weighted by atomic mass is 10.2. The zero-order valence-corrected chi connectivity index (χ0v) is 10.1. The van der Waals surface area contributed by atoms with Crippen LogP contribution < -0.4 is 4.74 Å². The van der Waals surface area contributed by atoms with Crippen LogP contribution in [0.25, 0.3) is 0 Å². The zero-order chi connectivity index (χ0) is 13.1. The van der Waals surface area contributed by atoms with Gasteiger partial charge < -0.3 is 4.74 Å². The fourth-order valence-corrected chi connectivity index (χ4v) is 1.49. The lowest BCUT2D eigenvalue weighted by Crippen LogP contribution is -1.95. The van der Waals surface area contributed by atoms with Crippen molar-refractivity contribution >= 4 is 5.78 Å². The van der Waals surface area contributed by atoms with Crippen LogP contribution in [-0.2, 0) is 0 Å². The Labute approximate surface area is 104 Å². The monoisotopic (exact) mass is 245 g/mol. The van der Waals surface area contributed by atoms with E-state index in [0.717, 1.165) is 0 Å². The molecule has 1 aromatic heterocycles. The first-order valence-electron chi connectivity index (χ1n) is 5.47. The van der Waals surface area contributed by atoms with E-state index in [1.807, 2.05) is 0 Å².